The summed E-state index contributed by atoms with van der Waals surface area (Å²) in [6.45, 7) is 6.13. The molecule has 0 saturated carbocycles. The van der Waals surface area contributed by atoms with Crippen molar-refractivity contribution in [2.75, 3.05) is 20.2 Å². The van der Waals surface area contributed by atoms with Gasteiger partial charge in [0, 0.05) is 18.7 Å². The van der Waals surface area contributed by atoms with Crippen LogP contribution >= 0.6 is 11.6 Å². The van der Waals surface area contributed by atoms with Crippen molar-refractivity contribution in [2.45, 2.75) is 39.8 Å². The molecule has 2 aromatic carbocycles. The fourth-order valence-electron chi connectivity index (χ4n) is 4.76. The Bertz CT molecular complexity index is 1580. The quantitative estimate of drug-likeness (QED) is 0.251. The summed E-state index contributed by atoms with van der Waals surface area (Å²) in [7, 11) is 1.55. The number of aryl methyl sites for hydroxylation is 1. The second kappa shape index (κ2) is 12.9. The molecule has 0 radical (unpaired) electrons. The van der Waals surface area contributed by atoms with Crippen LogP contribution < -0.4 is 15.7 Å². The number of hydrogen-bond donors (Lipinski definition) is 2. The maximum absolute atomic E-state index is 14.1. The van der Waals surface area contributed by atoms with Crippen molar-refractivity contribution in [1.29, 1.82) is 0 Å². The summed E-state index contributed by atoms with van der Waals surface area (Å²) in [6.07, 6.45) is -0.803. The van der Waals surface area contributed by atoms with Crippen LogP contribution in [0.25, 0.3) is 5.65 Å². The van der Waals surface area contributed by atoms with E-state index in [1.54, 1.807) is 43.2 Å². The molecule has 4 rings (SSSR count). The molecule has 2 aromatic heterocycles. The molecule has 1 atom stereocenters. The molecule has 2 heterocycles. The van der Waals surface area contributed by atoms with Gasteiger partial charge >= 0.3 is 11.8 Å². The van der Waals surface area contributed by atoms with Gasteiger partial charge in [-0.1, -0.05) is 55.8 Å². The summed E-state index contributed by atoms with van der Waals surface area (Å²) in [5.74, 6) is 0.478. The van der Waals surface area contributed by atoms with E-state index in [0.717, 1.165) is 5.56 Å². The number of ether oxygens (including phenoxy) is 1. The molecule has 12 heteroatoms. The van der Waals surface area contributed by atoms with E-state index in [4.69, 9.17) is 26.4 Å². The molecule has 2 amide bonds. The maximum atomic E-state index is 14.1. The van der Waals surface area contributed by atoms with Crippen LogP contribution in [-0.2, 0) is 6.54 Å². The SMILES string of the molecule is COc1ccc(C(=O)N(CCCNC(=O)O)C(c2nc3c(Cl)c(C)nn3c(=O)n2Cc2ccccc2)C(C)C)cc1. The lowest BCUT2D eigenvalue weighted by atomic mass is 9.99. The molecule has 1 unspecified atom stereocenters. The number of carbonyl (C=O) groups is 2. The van der Waals surface area contributed by atoms with Gasteiger partial charge < -0.3 is 20.1 Å². The molecule has 0 aliphatic heterocycles. The molecule has 41 heavy (non-hydrogen) atoms. The molecule has 0 aliphatic rings. The zero-order valence-corrected chi connectivity index (χ0v) is 24.1. The normalized spacial score (nSPS) is 12.0. The van der Waals surface area contributed by atoms with Gasteiger partial charge in [0.1, 0.15) is 16.6 Å². The first-order valence-electron chi connectivity index (χ1n) is 13.2. The number of nitrogens with zero attached hydrogens (tertiary/aromatic N) is 5. The molecular weight excluding hydrogens is 548 g/mol. The lowest BCUT2D eigenvalue weighted by molar-refractivity contribution is 0.0600. The Balaban J connectivity index is 1.89. The van der Waals surface area contributed by atoms with Crippen LogP contribution in [-0.4, -0.2) is 61.4 Å². The molecule has 2 N–H and O–H groups in total. The summed E-state index contributed by atoms with van der Waals surface area (Å²) in [5.41, 5.74) is 1.53. The van der Waals surface area contributed by atoms with Crippen LogP contribution in [0.15, 0.2) is 59.4 Å². The first kappa shape index (κ1) is 29.6. The minimum Gasteiger partial charge on any atom is -0.497 e. The molecule has 0 saturated heterocycles. The Morgan fingerprint density at radius 2 is 1.80 bits per heavy atom. The number of fused-ring (bicyclic) bond motifs is 1. The van der Waals surface area contributed by atoms with Gasteiger partial charge in [0.2, 0.25) is 0 Å². The van der Waals surface area contributed by atoms with Crippen LogP contribution in [0.5, 0.6) is 5.75 Å². The molecule has 0 spiro atoms. The van der Waals surface area contributed by atoms with Crippen molar-refractivity contribution in [3.05, 3.63) is 92.7 Å². The largest absolute Gasteiger partial charge is 0.497 e. The summed E-state index contributed by atoms with van der Waals surface area (Å²) >= 11 is 6.53. The van der Waals surface area contributed by atoms with Crippen LogP contribution in [0.2, 0.25) is 5.02 Å². The lowest BCUT2D eigenvalue weighted by Crippen LogP contribution is -2.43. The number of carbonyl (C=O) groups excluding carboxylic acids is 1. The number of nitrogens with one attached hydrogen (secondary N) is 1. The molecular formula is C29H33ClN6O5. The number of amides is 2. The summed E-state index contributed by atoms with van der Waals surface area (Å²) in [6, 6.07) is 15.6. The summed E-state index contributed by atoms with van der Waals surface area (Å²) in [4.78, 5) is 45.5. The van der Waals surface area contributed by atoms with Crippen LogP contribution in [0.3, 0.4) is 0 Å². The van der Waals surface area contributed by atoms with E-state index < -0.39 is 17.8 Å². The van der Waals surface area contributed by atoms with E-state index in [1.165, 1.54) is 9.08 Å². The third-order valence-electron chi connectivity index (χ3n) is 6.74. The minimum absolute atomic E-state index is 0.142. The van der Waals surface area contributed by atoms with Crippen molar-refractivity contribution in [3.8, 4) is 5.75 Å². The van der Waals surface area contributed by atoms with E-state index in [9.17, 15) is 14.4 Å². The molecule has 0 bridgehead atoms. The molecule has 11 nitrogen and oxygen atoms in total. The smallest absolute Gasteiger partial charge is 0.404 e. The number of aromatic nitrogens is 4. The topological polar surface area (TPSA) is 131 Å². The van der Waals surface area contributed by atoms with Crippen molar-refractivity contribution in [1.82, 2.24) is 29.4 Å². The van der Waals surface area contributed by atoms with E-state index in [2.05, 4.69) is 10.4 Å². The van der Waals surface area contributed by atoms with Crippen molar-refractivity contribution >= 4 is 29.2 Å². The number of halogens is 1. The number of methoxy groups -OCH3 is 1. The minimum atomic E-state index is -1.15. The fourth-order valence-corrected chi connectivity index (χ4v) is 4.92. The van der Waals surface area contributed by atoms with Crippen molar-refractivity contribution < 1.29 is 19.4 Å². The van der Waals surface area contributed by atoms with Gasteiger partial charge in [-0.3, -0.25) is 9.36 Å². The van der Waals surface area contributed by atoms with Crippen LogP contribution in [0.1, 0.15) is 53.7 Å². The fraction of sp³-hybridized carbons (Fsp3) is 0.345. The van der Waals surface area contributed by atoms with E-state index in [1.807, 2.05) is 44.2 Å². The van der Waals surface area contributed by atoms with Gasteiger partial charge in [-0.25, -0.2) is 14.6 Å². The lowest BCUT2D eigenvalue weighted by Gasteiger charge is -2.35. The molecule has 4 aromatic rings. The monoisotopic (exact) mass is 580 g/mol. The highest BCUT2D eigenvalue weighted by Gasteiger charge is 2.33. The van der Waals surface area contributed by atoms with Gasteiger partial charge in [-0.15, -0.1) is 0 Å². The molecule has 0 fully saturated rings. The van der Waals surface area contributed by atoms with Gasteiger partial charge in [0.15, 0.2) is 5.65 Å². The third-order valence-corrected chi connectivity index (χ3v) is 7.18. The Morgan fingerprint density at radius 3 is 2.41 bits per heavy atom. The number of hydrogen-bond acceptors (Lipinski definition) is 6. The standard InChI is InChI=1S/C29H33ClN6O5/c1-18(2)24(34(16-8-15-31-28(38)39)27(37)21-11-13-22(41-4)14-12-21)26-32-25-23(30)19(3)33-36(25)29(40)35(26)17-20-9-6-5-7-10-20/h5-7,9-14,18,24,31H,8,15-17H2,1-4H3,(H,38,39). The average molecular weight is 581 g/mol. The van der Waals surface area contributed by atoms with Gasteiger partial charge in [-0.2, -0.15) is 9.61 Å². The molecule has 216 valence electrons. The first-order chi connectivity index (χ1) is 19.6. The highest BCUT2D eigenvalue weighted by Crippen LogP contribution is 2.31. The Morgan fingerprint density at radius 1 is 1.12 bits per heavy atom. The average Bonchev–Trinajstić information content (AvgIpc) is 3.25. The zero-order valence-electron chi connectivity index (χ0n) is 23.4. The van der Waals surface area contributed by atoms with E-state index in [-0.39, 0.29) is 42.1 Å². The Hall–Kier alpha value is -4.38. The number of carboxylic acid groups (broad SMARTS) is 1. The predicted molar refractivity (Wildman–Crippen MR) is 155 cm³/mol. The van der Waals surface area contributed by atoms with Crippen LogP contribution in [0.4, 0.5) is 4.79 Å². The van der Waals surface area contributed by atoms with Gasteiger partial charge in [0.25, 0.3) is 5.91 Å². The van der Waals surface area contributed by atoms with E-state index >= 15 is 0 Å². The predicted octanol–water partition coefficient (Wildman–Crippen LogP) is 4.41. The summed E-state index contributed by atoms with van der Waals surface area (Å²) in [5, 5.41) is 16.0. The zero-order chi connectivity index (χ0) is 29.7. The third kappa shape index (κ3) is 6.51. The van der Waals surface area contributed by atoms with E-state index in [0.29, 0.717) is 29.3 Å². The van der Waals surface area contributed by atoms with Crippen molar-refractivity contribution in [2.24, 2.45) is 5.92 Å². The second-order valence-electron chi connectivity index (χ2n) is 9.96. The number of rotatable bonds is 11. The number of benzene rings is 2. The van der Waals surface area contributed by atoms with Gasteiger partial charge in [0.05, 0.1) is 25.4 Å². The highest BCUT2D eigenvalue weighted by atomic mass is 35.5. The Kier molecular flexibility index (Phi) is 9.28. The second-order valence-corrected chi connectivity index (χ2v) is 10.3. The summed E-state index contributed by atoms with van der Waals surface area (Å²) < 4.78 is 7.96. The van der Waals surface area contributed by atoms with Gasteiger partial charge in [-0.05, 0) is 49.1 Å². The first-order valence-corrected chi connectivity index (χ1v) is 13.6. The Labute approximate surface area is 242 Å². The van der Waals surface area contributed by atoms with Crippen molar-refractivity contribution in [3.63, 3.8) is 0 Å². The molecule has 0 aliphatic carbocycles. The maximum Gasteiger partial charge on any atom is 0.404 e. The van der Waals surface area contributed by atoms with Crippen LogP contribution in [0, 0.1) is 12.8 Å². The highest BCUT2D eigenvalue weighted by molar-refractivity contribution is 6.34.